The van der Waals surface area contributed by atoms with E-state index in [1.165, 1.54) is 19.5 Å². The van der Waals surface area contributed by atoms with E-state index >= 15 is 0 Å². The molecule has 0 radical (unpaired) electrons. The molecule has 0 spiro atoms. The summed E-state index contributed by atoms with van der Waals surface area (Å²) in [6.45, 7) is 11.6. The Morgan fingerprint density at radius 2 is 2.11 bits per heavy atom. The zero-order valence-electron chi connectivity index (χ0n) is 12.3. The van der Waals surface area contributed by atoms with E-state index in [0.29, 0.717) is 6.04 Å². The lowest BCUT2D eigenvalue weighted by molar-refractivity contribution is 0.104. The third-order valence-corrected chi connectivity index (χ3v) is 3.54. The van der Waals surface area contributed by atoms with Gasteiger partial charge in [0.2, 0.25) is 0 Å². The predicted molar refractivity (Wildman–Crippen MR) is 75.0 cm³/mol. The van der Waals surface area contributed by atoms with Crippen molar-refractivity contribution in [2.75, 3.05) is 53.1 Å². The summed E-state index contributed by atoms with van der Waals surface area (Å²) in [6.07, 6.45) is 2.32. The highest BCUT2D eigenvalue weighted by Gasteiger charge is 2.23. The van der Waals surface area contributed by atoms with Gasteiger partial charge in [-0.25, -0.2) is 0 Å². The Morgan fingerprint density at radius 3 is 2.78 bits per heavy atom. The van der Waals surface area contributed by atoms with Crippen LogP contribution in [0, 0.1) is 5.92 Å². The van der Waals surface area contributed by atoms with E-state index < -0.39 is 0 Å². The van der Waals surface area contributed by atoms with Gasteiger partial charge in [-0.1, -0.05) is 0 Å². The summed E-state index contributed by atoms with van der Waals surface area (Å²) >= 11 is 0. The van der Waals surface area contributed by atoms with E-state index in [0.717, 1.165) is 45.2 Å². The minimum absolute atomic E-state index is 0.694. The Labute approximate surface area is 112 Å². The van der Waals surface area contributed by atoms with Crippen LogP contribution in [0.3, 0.4) is 0 Å². The number of nitrogens with one attached hydrogen (secondary N) is 1. The molecule has 0 aromatic rings. The first kappa shape index (κ1) is 15.9. The molecule has 1 atom stereocenters. The van der Waals surface area contributed by atoms with Gasteiger partial charge >= 0.3 is 0 Å². The maximum Gasteiger partial charge on any atom is 0.0590 e. The van der Waals surface area contributed by atoms with Gasteiger partial charge in [0.15, 0.2) is 0 Å². The second kappa shape index (κ2) is 9.73. The van der Waals surface area contributed by atoms with Crippen LogP contribution in [0.25, 0.3) is 0 Å². The number of ether oxygens (including phenoxy) is 2. The molecule has 4 nitrogen and oxygen atoms in total. The van der Waals surface area contributed by atoms with Crippen LogP contribution in [0.15, 0.2) is 0 Å². The number of nitrogens with zero attached hydrogens (tertiary/aromatic N) is 1. The second-order valence-corrected chi connectivity index (χ2v) is 5.41. The van der Waals surface area contributed by atoms with Crippen molar-refractivity contribution in [3.8, 4) is 0 Å². The van der Waals surface area contributed by atoms with Crippen LogP contribution in [-0.4, -0.2) is 64.1 Å². The number of methoxy groups -OCH3 is 1. The van der Waals surface area contributed by atoms with E-state index in [1.54, 1.807) is 7.11 Å². The molecule has 4 heteroatoms. The van der Waals surface area contributed by atoms with Crippen LogP contribution in [0.1, 0.15) is 26.7 Å². The van der Waals surface area contributed by atoms with Crippen LogP contribution in [0.2, 0.25) is 0 Å². The summed E-state index contributed by atoms with van der Waals surface area (Å²) in [5, 5.41) is 3.49. The Hall–Kier alpha value is -0.160. The first-order chi connectivity index (χ1) is 8.74. The highest BCUT2D eigenvalue weighted by molar-refractivity contribution is 4.78. The average Bonchev–Trinajstić information content (AvgIpc) is 2.81. The molecule has 0 aromatic carbocycles. The molecule has 0 bridgehead atoms. The van der Waals surface area contributed by atoms with Gasteiger partial charge in [-0.05, 0) is 45.7 Å². The van der Waals surface area contributed by atoms with Crippen molar-refractivity contribution < 1.29 is 9.47 Å². The van der Waals surface area contributed by atoms with Gasteiger partial charge in [0, 0.05) is 39.5 Å². The van der Waals surface area contributed by atoms with Crippen LogP contribution in [-0.2, 0) is 9.47 Å². The molecular weight excluding hydrogens is 228 g/mol. The summed E-state index contributed by atoms with van der Waals surface area (Å²) < 4.78 is 10.5. The lowest BCUT2D eigenvalue weighted by Gasteiger charge is -2.20. The van der Waals surface area contributed by atoms with Crippen LogP contribution in [0.4, 0.5) is 0 Å². The smallest absolute Gasteiger partial charge is 0.0590 e. The Balaban J connectivity index is 1.87. The van der Waals surface area contributed by atoms with Crippen molar-refractivity contribution in [2.24, 2.45) is 5.92 Å². The summed E-state index contributed by atoms with van der Waals surface area (Å²) in [6, 6.07) is 0.694. The SMILES string of the molecule is COCCCOCCNCC1CCN(C(C)C)C1. The molecule has 1 N–H and O–H groups in total. The summed E-state index contributed by atoms with van der Waals surface area (Å²) in [7, 11) is 1.73. The molecule has 1 saturated heterocycles. The normalized spacial score (nSPS) is 21.0. The van der Waals surface area contributed by atoms with Gasteiger partial charge in [0.25, 0.3) is 0 Å². The van der Waals surface area contributed by atoms with Gasteiger partial charge in [-0.2, -0.15) is 0 Å². The monoisotopic (exact) mass is 258 g/mol. The first-order valence-electron chi connectivity index (χ1n) is 7.25. The van der Waals surface area contributed by atoms with E-state index in [9.17, 15) is 0 Å². The van der Waals surface area contributed by atoms with Crippen LogP contribution >= 0.6 is 0 Å². The van der Waals surface area contributed by atoms with Gasteiger partial charge < -0.3 is 19.7 Å². The van der Waals surface area contributed by atoms with Gasteiger partial charge in [0.1, 0.15) is 0 Å². The molecule has 0 aliphatic carbocycles. The summed E-state index contributed by atoms with van der Waals surface area (Å²) in [5.41, 5.74) is 0. The number of likely N-dealkylation sites (tertiary alicyclic amines) is 1. The maximum atomic E-state index is 5.51. The van der Waals surface area contributed by atoms with Gasteiger partial charge in [0.05, 0.1) is 6.61 Å². The van der Waals surface area contributed by atoms with Crippen molar-refractivity contribution in [3.05, 3.63) is 0 Å². The molecular formula is C14H30N2O2. The number of hydrogen-bond acceptors (Lipinski definition) is 4. The lowest BCUT2D eigenvalue weighted by atomic mass is 10.1. The summed E-state index contributed by atoms with van der Waals surface area (Å²) in [5.74, 6) is 0.820. The molecule has 1 aliphatic rings. The molecule has 108 valence electrons. The van der Waals surface area contributed by atoms with Crippen molar-refractivity contribution in [1.29, 1.82) is 0 Å². The highest BCUT2D eigenvalue weighted by atomic mass is 16.5. The predicted octanol–water partition coefficient (Wildman–Crippen LogP) is 1.36. The molecule has 1 heterocycles. The fourth-order valence-electron chi connectivity index (χ4n) is 2.36. The number of hydrogen-bond donors (Lipinski definition) is 1. The van der Waals surface area contributed by atoms with Crippen LogP contribution in [0.5, 0.6) is 0 Å². The Morgan fingerprint density at radius 1 is 1.28 bits per heavy atom. The van der Waals surface area contributed by atoms with E-state index in [2.05, 4.69) is 24.1 Å². The van der Waals surface area contributed by atoms with Crippen molar-refractivity contribution >= 4 is 0 Å². The average molecular weight is 258 g/mol. The zero-order chi connectivity index (χ0) is 13.2. The Bertz CT molecular complexity index is 200. The topological polar surface area (TPSA) is 33.7 Å². The molecule has 1 fully saturated rings. The molecule has 1 rings (SSSR count). The minimum Gasteiger partial charge on any atom is -0.385 e. The van der Waals surface area contributed by atoms with E-state index in [4.69, 9.17) is 9.47 Å². The van der Waals surface area contributed by atoms with Crippen molar-refractivity contribution in [3.63, 3.8) is 0 Å². The molecule has 1 aliphatic heterocycles. The van der Waals surface area contributed by atoms with Crippen molar-refractivity contribution in [2.45, 2.75) is 32.7 Å². The molecule has 0 aromatic heterocycles. The van der Waals surface area contributed by atoms with Gasteiger partial charge in [-0.15, -0.1) is 0 Å². The third-order valence-electron chi connectivity index (χ3n) is 3.54. The third kappa shape index (κ3) is 6.69. The zero-order valence-corrected chi connectivity index (χ0v) is 12.3. The second-order valence-electron chi connectivity index (χ2n) is 5.41. The standard InChI is InChI=1S/C14H30N2O2/c1-13(2)16-7-5-14(12-16)11-15-6-10-18-9-4-8-17-3/h13-15H,4-12H2,1-3H3. The lowest BCUT2D eigenvalue weighted by Crippen LogP contribution is -2.31. The van der Waals surface area contributed by atoms with Crippen molar-refractivity contribution in [1.82, 2.24) is 10.2 Å². The van der Waals surface area contributed by atoms with E-state index in [-0.39, 0.29) is 0 Å². The Kier molecular flexibility index (Phi) is 8.59. The van der Waals surface area contributed by atoms with Gasteiger partial charge in [-0.3, -0.25) is 0 Å². The largest absolute Gasteiger partial charge is 0.385 e. The highest BCUT2D eigenvalue weighted by Crippen LogP contribution is 2.17. The fraction of sp³-hybridized carbons (Fsp3) is 1.00. The number of rotatable bonds is 10. The first-order valence-corrected chi connectivity index (χ1v) is 7.25. The molecule has 0 saturated carbocycles. The molecule has 0 amide bonds. The fourth-order valence-corrected chi connectivity index (χ4v) is 2.36. The minimum atomic E-state index is 0.694. The molecule has 18 heavy (non-hydrogen) atoms. The maximum absolute atomic E-state index is 5.51. The van der Waals surface area contributed by atoms with Crippen LogP contribution < -0.4 is 5.32 Å². The van der Waals surface area contributed by atoms with E-state index in [1.807, 2.05) is 0 Å². The molecule has 1 unspecified atom stereocenters. The summed E-state index contributed by atoms with van der Waals surface area (Å²) in [4.78, 5) is 2.56. The quantitative estimate of drug-likeness (QED) is 0.600.